The molecule has 0 saturated heterocycles. The highest BCUT2D eigenvalue weighted by atomic mass is 79.9. The van der Waals surface area contributed by atoms with Gasteiger partial charge in [-0.2, -0.15) is 5.10 Å². The number of carboxylic acid groups (broad SMARTS) is 1. The van der Waals surface area contributed by atoms with Crippen LogP contribution in [0.3, 0.4) is 0 Å². The van der Waals surface area contributed by atoms with E-state index < -0.39 is 5.97 Å². The van der Waals surface area contributed by atoms with Gasteiger partial charge in [-0.3, -0.25) is 4.79 Å². The van der Waals surface area contributed by atoms with E-state index in [0.29, 0.717) is 39.2 Å². The number of aromatic nitrogens is 2. The van der Waals surface area contributed by atoms with Crippen LogP contribution in [0.1, 0.15) is 11.1 Å². The van der Waals surface area contributed by atoms with Crippen molar-refractivity contribution >= 4 is 45.1 Å². The second-order valence-corrected chi connectivity index (χ2v) is 10.4. The Bertz CT molecular complexity index is 1620. The smallest absolute Gasteiger partial charge is 0.307 e. The van der Waals surface area contributed by atoms with Crippen LogP contribution < -0.4 is 4.74 Å². The van der Waals surface area contributed by atoms with E-state index in [4.69, 9.17) is 33.0 Å². The molecule has 0 fully saturated rings. The molecule has 0 unspecified atom stereocenters. The second kappa shape index (κ2) is 11.4. The fourth-order valence-corrected chi connectivity index (χ4v) is 4.86. The van der Waals surface area contributed by atoms with Crippen molar-refractivity contribution in [1.29, 1.82) is 0 Å². The number of ether oxygens (including phenoxy) is 1. The van der Waals surface area contributed by atoms with Gasteiger partial charge < -0.3 is 9.84 Å². The fraction of sp³-hybridized carbons (Fsp3) is 0.0667. The van der Waals surface area contributed by atoms with Gasteiger partial charge in [0.2, 0.25) is 0 Å². The molecule has 190 valence electrons. The van der Waals surface area contributed by atoms with E-state index in [-0.39, 0.29) is 6.42 Å². The molecule has 1 heterocycles. The van der Waals surface area contributed by atoms with Crippen LogP contribution in [0.2, 0.25) is 10.0 Å². The van der Waals surface area contributed by atoms with Crippen molar-refractivity contribution in [2.75, 3.05) is 0 Å². The minimum Gasteiger partial charge on any atom is -0.488 e. The van der Waals surface area contributed by atoms with Gasteiger partial charge in [0.25, 0.3) is 0 Å². The molecule has 0 saturated carbocycles. The first kappa shape index (κ1) is 26.0. The summed E-state index contributed by atoms with van der Waals surface area (Å²) >= 11 is 15.9. The molecule has 0 bridgehead atoms. The molecule has 0 aliphatic carbocycles. The van der Waals surface area contributed by atoms with Crippen molar-refractivity contribution in [2.24, 2.45) is 0 Å². The van der Waals surface area contributed by atoms with E-state index in [1.54, 1.807) is 12.1 Å². The van der Waals surface area contributed by atoms with Crippen LogP contribution in [0.5, 0.6) is 5.75 Å². The van der Waals surface area contributed by atoms with Gasteiger partial charge in [0.05, 0.1) is 23.5 Å². The average molecular weight is 608 g/mol. The number of hydrogen-bond donors (Lipinski definition) is 1. The molecule has 0 spiro atoms. The molecule has 8 heteroatoms. The standard InChI is InChI=1S/C30H21BrCl2N2O3/c31-22-5-2-4-21(16-22)28-17-27(34-35(28)25-10-8-23(32)9-11-25)26-14-19(15-30(36)37)7-12-29(26)38-18-20-3-1-6-24(33)13-20/h1-14,16-17H,15,18H2,(H,36,37). The summed E-state index contributed by atoms with van der Waals surface area (Å²) in [7, 11) is 0. The van der Waals surface area contributed by atoms with Crippen molar-refractivity contribution in [2.45, 2.75) is 13.0 Å². The molecule has 0 aliphatic rings. The van der Waals surface area contributed by atoms with Crippen LogP contribution in [0, 0.1) is 0 Å². The van der Waals surface area contributed by atoms with Crippen LogP contribution in [0.15, 0.2) is 102 Å². The molecule has 5 nitrogen and oxygen atoms in total. The largest absolute Gasteiger partial charge is 0.488 e. The highest BCUT2D eigenvalue weighted by molar-refractivity contribution is 9.10. The Kier molecular flexibility index (Phi) is 7.84. The molecule has 5 rings (SSSR count). The monoisotopic (exact) mass is 606 g/mol. The number of carbonyl (C=O) groups is 1. The predicted octanol–water partition coefficient (Wildman–Crippen LogP) is 8.48. The summed E-state index contributed by atoms with van der Waals surface area (Å²) in [6.07, 6.45) is -0.113. The quantitative estimate of drug-likeness (QED) is 0.192. The maximum atomic E-state index is 11.5. The van der Waals surface area contributed by atoms with E-state index in [0.717, 1.165) is 27.0 Å². The Morgan fingerprint density at radius 2 is 1.66 bits per heavy atom. The number of aliphatic carboxylic acids is 1. The maximum Gasteiger partial charge on any atom is 0.307 e. The second-order valence-electron chi connectivity index (χ2n) is 8.63. The van der Waals surface area contributed by atoms with Crippen LogP contribution in [0.4, 0.5) is 0 Å². The summed E-state index contributed by atoms with van der Waals surface area (Å²) in [5, 5.41) is 15.6. The van der Waals surface area contributed by atoms with Crippen molar-refractivity contribution in [3.8, 4) is 34.0 Å². The highest BCUT2D eigenvalue weighted by Crippen LogP contribution is 2.36. The van der Waals surface area contributed by atoms with E-state index in [1.165, 1.54) is 0 Å². The summed E-state index contributed by atoms with van der Waals surface area (Å²) in [5.74, 6) is -0.328. The van der Waals surface area contributed by atoms with E-state index >= 15 is 0 Å². The predicted molar refractivity (Wildman–Crippen MR) is 154 cm³/mol. The van der Waals surface area contributed by atoms with Crippen LogP contribution >= 0.6 is 39.1 Å². The Balaban J connectivity index is 1.63. The van der Waals surface area contributed by atoms with Gasteiger partial charge in [0.15, 0.2) is 0 Å². The molecule has 4 aromatic carbocycles. The van der Waals surface area contributed by atoms with Gasteiger partial charge in [0.1, 0.15) is 12.4 Å². The third-order valence-electron chi connectivity index (χ3n) is 5.86. The van der Waals surface area contributed by atoms with Crippen LogP contribution in [-0.2, 0) is 17.8 Å². The Labute approximate surface area is 238 Å². The van der Waals surface area contributed by atoms with Gasteiger partial charge in [-0.15, -0.1) is 0 Å². The van der Waals surface area contributed by atoms with Gasteiger partial charge in [-0.05, 0) is 77.9 Å². The van der Waals surface area contributed by atoms with Crippen LogP contribution in [-0.4, -0.2) is 20.9 Å². The lowest BCUT2D eigenvalue weighted by atomic mass is 10.0. The fourth-order valence-electron chi connectivity index (χ4n) is 4.12. The molecular weight excluding hydrogens is 587 g/mol. The lowest BCUT2D eigenvalue weighted by Gasteiger charge is -2.12. The number of rotatable bonds is 8. The molecule has 0 amide bonds. The van der Waals surface area contributed by atoms with Crippen molar-refractivity contribution in [1.82, 2.24) is 9.78 Å². The van der Waals surface area contributed by atoms with Gasteiger partial charge in [-0.25, -0.2) is 4.68 Å². The minimum atomic E-state index is -0.912. The minimum absolute atomic E-state index is 0.113. The Morgan fingerprint density at radius 3 is 2.39 bits per heavy atom. The SMILES string of the molecule is O=C(O)Cc1ccc(OCc2cccc(Cl)c2)c(-c2cc(-c3cccc(Br)c3)n(-c3ccc(Cl)cc3)n2)c1. The van der Waals surface area contributed by atoms with E-state index in [2.05, 4.69) is 15.9 Å². The zero-order chi connectivity index (χ0) is 26.6. The van der Waals surface area contributed by atoms with E-state index in [9.17, 15) is 9.90 Å². The lowest BCUT2D eigenvalue weighted by molar-refractivity contribution is -0.136. The third-order valence-corrected chi connectivity index (χ3v) is 6.84. The number of hydrogen-bond acceptors (Lipinski definition) is 3. The molecule has 1 aromatic heterocycles. The Morgan fingerprint density at radius 1 is 0.868 bits per heavy atom. The first-order chi connectivity index (χ1) is 18.4. The number of carboxylic acids is 1. The van der Waals surface area contributed by atoms with Gasteiger partial charge in [0, 0.05) is 25.6 Å². The summed E-state index contributed by atoms with van der Waals surface area (Å²) in [6.45, 7) is 0.294. The summed E-state index contributed by atoms with van der Waals surface area (Å²) in [4.78, 5) is 11.5. The first-order valence-electron chi connectivity index (χ1n) is 11.7. The molecule has 0 atom stereocenters. The zero-order valence-corrected chi connectivity index (χ0v) is 23.0. The molecule has 1 N–H and O–H groups in total. The van der Waals surface area contributed by atoms with Gasteiger partial charge >= 0.3 is 5.97 Å². The number of halogens is 3. The molecule has 38 heavy (non-hydrogen) atoms. The maximum absolute atomic E-state index is 11.5. The highest BCUT2D eigenvalue weighted by Gasteiger charge is 2.18. The molecule has 5 aromatic rings. The normalized spacial score (nSPS) is 10.9. The third kappa shape index (κ3) is 6.10. The summed E-state index contributed by atoms with van der Waals surface area (Å²) in [5.41, 5.74) is 5.54. The van der Waals surface area contributed by atoms with Crippen molar-refractivity contribution in [3.63, 3.8) is 0 Å². The summed E-state index contributed by atoms with van der Waals surface area (Å²) in [6, 6.07) is 30.2. The summed E-state index contributed by atoms with van der Waals surface area (Å²) < 4.78 is 8.99. The molecule has 0 aliphatic heterocycles. The topological polar surface area (TPSA) is 64.3 Å². The Hall–Kier alpha value is -3.58. The molecule has 0 radical (unpaired) electrons. The van der Waals surface area contributed by atoms with Crippen LogP contribution in [0.25, 0.3) is 28.2 Å². The first-order valence-corrected chi connectivity index (χ1v) is 13.2. The van der Waals surface area contributed by atoms with Gasteiger partial charge in [-0.1, -0.05) is 69.5 Å². The zero-order valence-electron chi connectivity index (χ0n) is 19.9. The van der Waals surface area contributed by atoms with Crippen molar-refractivity contribution in [3.05, 3.63) is 123 Å². The number of benzene rings is 4. The molecular formula is C30H21BrCl2N2O3. The van der Waals surface area contributed by atoms with E-state index in [1.807, 2.05) is 89.6 Å². The average Bonchev–Trinajstić information content (AvgIpc) is 3.33. The lowest BCUT2D eigenvalue weighted by Crippen LogP contribution is -2.02. The number of nitrogens with zero attached hydrogens (tertiary/aromatic N) is 2. The van der Waals surface area contributed by atoms with Crippen molar-refractivity contribution < 1.29 is 14.6 Å².